The molecule has 7 heteroatoms. The van der Waals surface area contributed by atoms with Gasteiger partial charge in [-0.25, -0.2) is 0 Å². The van der Waals surface area contributed by atoms with Crippen molar-refractivity contribution in [2.75, 3.05) is 5.75 Å². The maximum Gasteiger partial charge on any atom is 0.264 e. The molecule has 0 heterocycles. The van der Waals surface area contributed by atoms with Gasteiger partial charge in [-0.2, -0.15) is 8.42 Å². The van der Waals surface area contributed by atoms with Crippen LogP contribution in [0.5, 0.6) is 0 Å². The van der Waals surface area contributed by atoms with Gasteiger partial charge in [0.25, 0.3) is 10.1 Å². The van der Waals surface area contributed by atoms with Crippen LogP contribution in [0.2, 0.25) is 25.7 Å². The van der Waals surface area contributed by atoms with E-state index in [-0.39, 0.29) is 64.9 Å². The van der Waals surface area contributed by atoms with Crippen molar-refractivity contribution in [1.82, 2.24) is 0 Å². The molecule has 0 aliphatic rings. The first-order valence-electron chi connectivity index (χ1n) is 3.66. The van der Waals surface area contributed by atoms with Gasteiger partial charge in [-0.05, 0) is 6.42 Å². The molecule has 0 aromatic carbocycles. The Kier molecular flexibility index (Phi) is 13.1. The van der Waals surface area contributed by atoms with E-state index in [1.54, 1.807) is 0 Å². The molecule has 0 aliphatic carbocycles. The van der Waals surface area contributed by atoms with Gasteiger partial charge in [-0.15, -0.1) is 0 Å². The molecule has 0 aromatic rings. The zero-order chi connectivity index (χ0) is 9.12. The van der Waals surface area contributed by atoms with Crippen LogP contribution in [-0.4, -0.2) is 85.9 Å². The molecule has 0 bridgehead atoms. The predicted octanol–water partition coefficient (Wildman–Crippen LogP) is 0.841. The van der Waals surface area contributed by atoms with Crippen LogP contribution in [0.4, 0.5) is 0 Å². The zero-order valence-corrected chi connectivity index (χ0v) is 15.1. The summed E-state index contributed by atoms with van der Waals surface area (Å²) in [6.45, 7) is 6.53. The normalized spacial score (nSPS) is 11.4. The summed E-state index contributed by atoms with van der Waals surface area (Å²) >= 11 is 0. The second kappa shape index (κ2) is 8.30. The third-order valence-electron chi connectivity index (χ3n) is 1.33. The Hall–Kier alpha value is 2.13. The van der Waals surface area contributed by atoms with Crippen LogP contribution < -0.4 is 0 Å². The van der Waals surface area contributed by atoms with Crippen molar-refractivity contribution in [1.29, 1.82) is 0 Å². The molecule has 0 unspecified atom stereocenters. The van der Waals surface area contributed by atoms with Gasteiger partial charge in [-0.3, -0.25) is 4.55 Å². The minimum absolute atomic E-state index is 0. The Labute approximate surface area is 126 Å². The van der Waals surface area contributed by atoms with Gasteiger partial charge in [0.1, 0.15) is 0 Å². The van der Waals surface area contributed by atoms with Crippen LogP contribution in [0.25, 0.3) is 0 Å². The van der Waals surface area contributed by atoms with Crippen LogP contribution in [-0.2, 0) is 10.1 Å². The van der Waals surface area contributed by atoms with Gasteiger partial charge in [-0.1, -0.05) is 25.7 Å². The SMILES string of the molecule is C[Si](C)(C)CCCS(=O)(=O)O.[Na].[Na]. The molecule has 2 radical (unpaired) electrons. The van der Waals surface area contributed by atoms with Gasteiger partial charge >= 0.3 is 0 Å². The standard InChI is InChI=1S/C6H16O3SSi.2Na/c1-11(2,3)6-4-5-10(7,8)9;;/h4-6H2,1-3H3,(H,7,8,9);;. The minimum atomic E-state index is -3.72. The van der Waals surface area contributed by atoms with Gasteiger partial charge < -0.3 is 0 Å². The third-order valence-corrected chi connectivity index (χ3v) is 3.99. The van der Waals surface area contributed by atoms with Crippen molar-refractivity contribution in [3.8, 4) is 0 Å². The molecular weight excluding hydrogens is 226 g/mol. The zero-order valence-electron chi connectivity index (χ0n) is 9.29. The van der Waals surface area contributed by atoms with Crippen LogP contribution in [0, 0.1) is 0 Å². The average Bonchev–Trinajstić information content (AvgIpc) is 1.55. The van der Waals surface area contributed by atoms with E-state index in [0.29, 0.717) is 6.42 Å². The van der Waals surface area contributed by atoms with Gasteiger partial charge in [0, 0.05) is 67.2 Å². The number of hydrogen-bond acceptors (Lipinski definition) is 2. The molecule has 70 valence electrons. The molecule has 0 amide bonds. The van der Waals surface area contributed by atoms with E-state index in [2.05, 4.69) is 19.6 Å². The van der Waals surface area contributed by atoms with E-state index in [1.165, 1.54) is 0 Å². The molecule has 0 aliphatic heterocycles. The molecule has 13 heavy (non-hydrogen) atoms. The van der Waals surface area contributed by atoms with Crippen molar-refractivity contribution in [3.05, 3.63) is 0 Å². The summed E-state index contributed by atoms with van der Waals surface area (Å²) in [5.74, 6) is -0.0860. The Morgan fingerprint density at radius 1 is 1.15 bits per heavy atom. The van der Waals surface area contributed by atoms with Crippen molar-refractivity contribution in [2.24, 2.45) is 0 Å². The Morgan fingerprint density at radius 2 is 1.54 bits per heavy atom. The summed E-state index contributed by atoms with van der Waals surface area (Å²) in [5, 5.41) is 0. The summed E-state index contributed by atoms with van der Waals surface area (Å²) in [4.78, 5) is 0. The molecule has 0 aromatic heterocycles. The summed E-state index contributed by atoms with van der Waals surface area (Å²) in [6, 6.07) is 0.951. The molecule has 3 nitrogen and oxygen atoms in total. The van der Waals surface area contributed by atoms with E-state index in [0.717, 1.165) is 6.04 Å². The summed E-state index contributed by atoms with van der Waals surface area (Å²) in [7, 11) is -4.86. The quantitative estimate of drug-likeness (QED) is 0.587. The molecule has 0 spiro atoms. The summed E-state index contributed by atoms with van der Waals surface area (Å²) < 4.78 is 29.0. The van der Waals surface area contributed by atoms with Gasteiger partial charge in [0.15, 0.2) is 0 Å². The summed E-state index contributed by atoms with van der Waals surface area (Å²) in [5.41, 5.74) is 0. The van der Waals surface area contributed by atoms with Gasteiger partial charge in [0.05, 0.1) is 5.75 Å². The summed E-state index contributed by atoms with van der Waals surface area (Å²) in [6.07, 6.45) is 0.592. The smallest absolute Gasteiger partial charge is 0.264 e. The Balaban J connectivity index is -0.000000500. The fourth-order valence-electron chi connectivity index (χ4n) is 0.785. The molecule has 0 fully saturated rings. The van der Waals surface area contributed by atoms with E-state index >= 15 is 0 Å². The fraction of sp³-hybridized carbons (Fsp3) is 1.00. The minimum Gasteiger partial charge on any atom is -0.286 e. The largest absolute Gasteiger partial charge is 0.286 e. The van der Waals surface area contributed by atoms with Crippen LogP contribution in [0.15, 0.2) is 0 Å². The van der Waals surface area contributed by atoms with E-state index < -0.39 is 18.2 Å². The second-order valence-electron chi connectivity index (χ2n) is 3.95. The maximum atomic E-state index is 10.3. The van der Waals surface area contributed by atoms with Crippen molar-refractivity contribution in [2.45, 2.75) is 32.1 Å². The Morgan fingerprint density at radius 3 is 1.77 bits per heavy atom. The van der Waals surface area contributed by atoms with Crippen molar-refractivity contribution < 1.29 is 13.0 Å². The first-order chi connectivity index (χ1) is 4.71. The Bertz CT molecular complexity index is 210. The van der Waals surface area contributed by atoms with Crippen LogP contribution in [0.1, 0.15) is 6.42 Å². The van der Waals surface area contributed by atoms with Crippen molar-refractivity contribution >= 4 is 77.3 Å². The molecule has 0 rings (SSSR count). The fourth-order valence-corrected chi connectivity index (χ4v) is 2.79. The average molecular weight is 242 g/mol. The third kappa shape index (κ3) is 20.3. The van der Waals surface area contributed by atoms with E-state index in [1.807, 2.05) is 0 Å². The van der Waals surface area contributed by atoms with Gasteiger partial charge in [0.2, 0.25) is 0 Å². The number of rotatable bonds is 4. The first-order valence-corrected chi connectivity index (χ1v) is 8.97. The van der Waals surface area contributed by atoms with E-state index in [9.17, 15) is 8.42 Å². The van der Waals surface area contributed by atoms with E-state index in [4.69, 9.17) is 4.55 Å². The molecule has 0 saturated carbocycles. The first kappa shape index (κ1) is 20.5. The second-order valence-corrected chi connectivity index (χ2v) is 11.1. The predicted molar refractivity (Wildman–Crippen MR) is 60.7 cm³/mol. The topological polar surface area (TPSA) is 54.4 Å². The van der Waals surface area contributed by atoms with Crippen LogP contribution in [0.3, 0.4) is 0 Å². The molecular formula is C6H16Na2O3SSi. The molecule has 0 atom stereocenters. The van der Waals surface area contributed by atoms with Crippen molar-refractivity contribution in [3.63, 3.8) is 0 Å². The monoisotopic (exact) mass is 242 g/mol. The molecule has 1 N–H and O–H groups in total. The maximum absolute atomic E-state index is 10.3. The molecule has 0 saturated heterocycles. The number of hydrogen-bond donors (Lipinski definition) is 1. The van der Waals surface area contributed by atoms with Crippen LogP contribution >= 0.6 is 0 Å².